The molecule has 1 aromatic heterocycles. The van der Waals surface area contributed by atoms with Gasteiger partial charge in [0.25, 0.3) is 5.91 Å². The third kappa shape index (κ3) is 5.22. The number of aliphatic hydroxyl groups is 2. The molecule has 1 heterocycles. The number of hydrogen-bond donors (Lipinski definition) is 3. The lowest BCUT2D eigenvalue weighted by Gasteiger charge is -2.11. The van der Waals surface area contributed by atoms with Crippen LogP contribution >= 0.6 is 0 Å². The minimum Gasteiger partial charge on any atom is -0.393 e. The van der Waals surface area contributed by atoms with Crippen molar-refractivity contribution in [2.45, 2.75) is 19.2 Å². The first-order valence-electron chi connectivity index (χ1n) is 9.03. The molecule has 3 aromatic rings. The van der Waals surface area contributed by atoms with Crippen molar-refractivity contribution in [2.24, 2.45) is 0 Å². The largest absolute Gasteiger partial charge is 0.409 e. The van der Waals surface area contributed by atoms with E-state index in [-0.39, 0.29) is 6.08 Å². The number of amides is 1. The maximum atomic E-state index is 12.6. The molecule has 5 nitrogen and oxygen atoms in total. The number of aliphatic hydroxyl groups excluding tert-OH is 2. The van der Waals surface area contributed by atoms with E-state index in [1.807, 2.05) is 0 Å². The maximum absolute atomic E-state index is 12.6. The Morgan fingerprint density at radius 3 is 2.63 bits per heavy atom. The molecule has 0 aliphatic rings. The highest BCUT2D eigenvalue weighted by molar-refractivity contribution is 6.06. The molecule has 8 heteroatoms. The fraction of sp³-hybridized carbons (Fsp3) is 0.182. The van der Waals surface area contributed by atoms with Crippen LogP contribution in [0.3, 0.4) is 0 Å². The molecular weight excluding hydrogens is 397 g/mol. The van der Waals surface area contributed by atoms with Crippen molar-refractivity contribution in [2.75, 3.05) is 11.9 Å². The topological polar surface area (TPSA) is 82.5 Å². The van der Waals surface area contributed by atoms with Crippen molar-refractivity contribution < 1.29 is 28.2 Å². The van der Waals surface area contributed by atoms with Gasteiger partial charge in [-0.2, -0.15) is 13.2 Å². The van der Waals surface area contributed by atoms with Gasteiger partial charge in [0.2, 0.25) is 0 Å². The Hall–Kier alpha value is -3.23. The van der Waals surface area contributed by atoms with E-state index in [0.717, 1.165) is 11.5 Å². The lowest BCUT2D eigenvalue weighted by Crippen LogP contribution is -2.13. The van der Waals surface area contributed by atoms with Gasteiger partial charge in [-0.3, -0.25) is 9.78 Å². The number of allylic oxidation sites excluding steroid dienone is 1. The van der Waals surface area contributed by atoms with Gasteiger partial charge in [-0.1, -0.05) is 24.3 Å². The second-order valence-corrected chi connectivity index (χ2v) is 6.78. The van der Waals surface area contributed by atoms with Gasteiger partial charge in [-0.25, -0.2) is 0 Å². The number of nitrogens with zero attached hydrogens (tertiary/aromatic N) is 1. The average Bonchev–Trinajstić information content (AvgIpc) is 2.70. The average molecular weight is 416 g/mol. The van der Waals surface area contributed by atoms with Crippen molar-refractivity contribution >= 4 is 28.6 Å². The zero-order valence-electron chi connectivity index (χ0n) is 15.9. The molecule has 1 atom stereocenters. The zero-order valence-corrected chi connectivity index (χ0v) is 15.9. The molecule has 0 bridgehead atoms. The molecule has 0 aliphatic heterocycles. The van der Waals surface area contributed by atoms with Gasteiger partial charge in [-0.15, -0.1) is 0 Å². The number of halogens is 3. The second-order valence-electron chi connectivity index (χ2n) is 6.78. The lowest BCUT2D eigenvalue weighted by atomic mass is 10.0. The molecule has 0 spiro atoms. The molecular formula is C22H19F3N2O3. The fourth-order valence-electron chi connectivity index (χ4n) is 2.94. The van der Waals surface area contributed by atoms with Crippen LogP contribution in [0, 0.1) is 6.92 Å². The number of fused-ring (bicyclic) bond motifs is 1. The van der Waals surface area contributed by atoms with Gasteiger partial charge < -0.3 is 15.5 Å². The van der Waals surface area contributed by atoms with E-state index in [1.165, 1.54) is 24.4 Å². The van der Waals surface area contributed by atoms with Crippen molar-refractivity contribution in [3.63, 3.8) is 0 Å². The third-order valence-corrected chi connectivity index (χ3v) is 4.48. The van der Waals surface area contributed by atoms with Crippen molar-refractivity contribution in [1.82, 2.24) is 4.98 Å². The van der Waals surface area contributed by atoms with Crippen molar-refractivity contribution in [3.8, 4) is 0 Å². The second kappa shape index (κ2) is 8.64. The van der Waals surface area contributed by atoms with E-state index in [1.54, 1.807) is 31.2 Å². The first-order chi connectivity index (χ1) is 14.2. The number of anilines is 1. The summed E-state index contributed by atoms with van der Waals surface area (Å²) >= 11 is 0. The van der Waals surface area contributed by atoms with Crippen LogP contribution in [-0.2, 0) is 0 Å². The number of aromatic nitrogens is 1. The fourth-order valence-corrected chi connectivity index (χ4v) is 2.94. The van der Waals surface area contributed by atoms with E-state index >= 15 is 0 Å². The van der Waals surface area contributed by atoms with Gasteiger partial charge in [0.05, 0.1) is 12.1 Å². The molecule has 3 rings (SSSR count). The van der Waals surface area contributed by atoms with Crippen LogP contribution in [0.25, 0.3) is 17.0 Å². The summed E-state index contributed by atoms with van der Waals surface area (Å²) in [4.78, 5) is 16.8. The van der Waals surface area contributed by atoms with Crippen LogP contribution in [0.4, 0.5) is 18.9 Å². The number of benzene rings is 2. The van der Waals surface area contributed by atoms with E-state index < -0.39 is 24.8 Å². The SMILES string of the molecule is Cc1cc(C=CC(F)(F)F)ccc1C(=O)Nc1ccc2cc(C(O)CO)cnc2c1. The van der Waals surface area contributed by atoms with E-state index in [0.29, 0.717) is 33.5 Å². The van der Waals surface area contributed by atoms with Crippen LogP contribution in [0.15, 0.2) is 54.7 Å². The number of hydrogen-bond acceptors (Lipinski definition) is 4. The van der Waals surface area contributed by atoms with E-state index in [9.17, 15) is 23.1 Å². The van der Waals surface area contributed by atoms with E-state index in [2.05, 4.69) is 10.3 Å². The molecule has 0 saturated heterocycles. The predicted molar refractivity (Wildman–Crippen MR) is 108 cm³/mol. The van der Waals surface area contributed by atoms with Gasteiger partial charge in [0.1, 0.15) is 6.10 Å². The first kappa shape index (κ1) is 21.5. The number of carbonyl (C=O) groups is 1. The Morgan fingerprint density at radius 1 is 1.20 bits per heavy atom. The van der Waals surface area contributed by atoms with Crippen LogP contribution in [0.1, 0.15) is 33.2 Å². The maximum Gasteiger partial charge on any atom is 0.409 e. The highest BCUT2D eigenvalue weighted by Gasteiger charge is 2.21. The van der Waals surface area contributed by atoms with Gasteiger partial charge in [0, 0.05) is 34.5 Å². The minimum absolute atomic E-state index is 0.147. The first-order valence-corrected chi connectivity index (χ1v) is 9.03. The summed E-state index contributed by atoms with van der Waals surface area (Å²) in [7, 11) is 0. The number of alkyl halides is 3. The summed E-state index contributed by atoms with van der Waals surface area (Å²) in [6, 6.07) is 11.2. The quantitative estimate of drug-likeness (QED) is 0.576. The molecule has 0 fully saturated rings. The van der Waals surface area contributed by atoms with Crippen LogP contribution < -0.4 is 5.32 Å². The smallest absolute Gasteiger partial charge is 0.393 e. The number of aryl methyl sites for hydroxylation is 1. The van der Waals surface area contributed by atoms with Gasteiger partial charge in [0.15, 0.2) is 0 Å². The molecule has 30 heavy (non-hydrogen) atoms. The number of pyridine rings is 1. The Bertz CT molecular complexity index is 1110. The highest BCUT2D eigenvalue weighted by atomic mass is 19.4. The Morgan fingerprint density at radius 2 is 1.97 bits per heavy atom. The molecule has 0 saturated carbocycles. The summed E-state index contributed by atoms with van der Waals surface area (Å²) in [5.41, 5.74) is 2.79. The van der Waals surface area contributed by atoms with Crippen LogP contribution in [0.5, 0.6) is 0 Å². The molecule has 3 N–H and O–H groups in total. The number of rotatable bonds is 5. The van der Waals surface area contributed by atoms with E-state index in [4.69, 9.17) is 5.11 Å². The highest BCUT2D eigenvalue weighted by Crippen LogP contribution is 2.23. The molecule has 1 unspecified atom stereocenters. The van der Waals surface area contributed by atoms with Crippen LogP contribution in [0.2, 0.25) is 0 Å². The summed E-state index contributed by atoms with van der Waals surface area (Å²) in [6.45, 7) is 1.24. The molecule has 2 aromatic carbocycles. The molecule has 0 aliphatic carbocycles. The third-order valence-electron chi connectivity index (χ3n) is 4.48. The number of carbonyl (C=O) groups excluding carboxylic acids is 1. The summed E-state index contributed by atoms with van der Waals surface area (Å²) in [5, 5.41) is 22.2. The summed E-state index contributed by atoms with van der Waals surface area (Å²) < 4.78 is 36.9. The normalized spacial score (nSPS) is 13.0. The predicted octanol–water partition coefficient (Wildman–Crippen LogP) is 4.40. The number of nitrogens with one attached hydrogen (secondary N) is 1. The van der Waals surface area contributed by atoms with Crippen molar-refractivity contribution in [3.05, 3.63) is 77.0 Å². The molecule has 0 radical (unpaired) electrons. The zero-order chi connectivity index (χ0) is 21.9. The van der Waals surface area contributed by atoms with Crippen LogP contribution in [-0.4, -0.2) is 33.9 Å². The Kier molecular flexibility index (Phi) is 6.19. The van der Waals surface area contributed by atoms with Gasteiger partial charge >= 0.3 is 6.18 Å². The summed E-state index contributed by atoms with van der Waals surface area (Å²) in [5.74, 6) is -0.398. The van der Waals surface area contributed by atoms with Gasteiger partial charge in [-0.05, 0) is 42.3 Å². The Balaban J connectivity index is 1.78. The molecule has 1 amide bonds. The minimum atomic E-state index is -4.40. The Labute approximate surface area is 170 Å². The standard InChI is InChI=1S/C22H19F3N2O3/c1-13-8-14(6-7-22(23,24)25)2-5-18(13)21(30)27-17-4-3-15-9-16(20(29)12-28)11-26-19(15)10-17/h2-11,20,28-29H,12H2,1H3,(H,27,30). The molecule has 156 valence electrons. The van der Waals surface area contributed by atoms with Crippen molar-refractivity contribution in [1.29, 1.82) is 0 Å². The lowest BCUT2D eigenvalue weighted by molar-refractivity contribution is -0.0790. The monoisotopic (exact) mass is 416 g/mol. The summed E-state index contributed by atoms with van der Waals surface area (Å²) in [6.07, 6.45) is -2.87.